The summed E-state index contributed by atoms with van der Waals surface area (Å²) >= 11 is 0. The highest BCUT2D eigenvalue weighted by atomic mass is 16.5. The second-order valence-corrected chi connectivity index (χ2v) is 4.05. The fourth-order valence-corrected chi connectivity index (χ4v) is 1.91. The zero-order chi connectivity index (χ0) is 12.1. The van der Waals surface area contributed by atoms with Gasteiger partial charge >= 0.3 is 0 Å². The summed E-state index contributed by atoms with van der Waals surface area (Å²) in [4.78, 5) is 0. The highest BCUT2D eigenvalue weighted by Crippen LogP contribution is 2.36. The second kappa shape index (κ2) is 5.77. The second-order valence-electron chi connectivity index (χ2n) is 4.05. The van der Waals surface area contributed by atoms with Gasteiger partial charge in [0.25, 0.3) is 0 Å². The average molecular weight is 237 g/mol. The number of rotatable bonds is 4. The first-order valence-corrected chi connectivity index (χ1v) is 6.01. The maximum atomic E-state index is 5.66. The quantitative estimate of drug-likeness (QED) is 0.866. The van der Waals surface area contributed by atoms with Gasteiger partial charge in [-0.2, -0.15) is 0 Å². The number of methoxy groups -OCH3 is 1. The minimum atomic E-state index is 0.678. The summed E-state index contributed by atoms with van der Waals surface area (Å²) in [7, 11) is 1.67. The normalized spacial score (nSPS) is 14.2. The number of benzene rings is 1. The third-order valence-electron chi connectivity index (χ3n) is 2.80. The van der Waals surface area contributed by atoms with Gasteiger partial charge in [0, 0.05) is 12.5 Å². The maximum Gasteiger partial charge on any atom is 0.164 e. The topological polar surface area (TPSA) is 53.7 Å². The Morgan fingerprint density at radius 2 is 1.94 bits per heavy atom. The molecule has 0 saturated carbocycles. The molecule has 1 aliphatic rings. The van der Waals surface area contributed by atoms with Crippen LogP contribution in [0.2, 0.25) is 0 Å². The van der Waals surface area contributed by atoms with Gasteiger partial charge in [-0.25, -0.2) is 0 Å². The van der Waals surface area contributed by atoms with E-state index in [4.69, 9.17) is 19.9 Å². The third-order valence-corrected chi connectivity index (χ3v) is 2.80. The standard InChI is InChI=1S/C13H19NO3/c1-15-11-9-13-12(16-6-3-7-17-13)8-10(11)4-2-5-14/h8-9H,2-7,14H2,1H3. The Bertz CT molecular complexity index is 379. The summed E-state index contributed by atoms with van der Waals surface area (Å²) in [6.45, 7) is 2.07. The molecule has 1 heterocycles. The van der Waals surface area contributed by atoms with E-state index < -0.39 is 0 Å². The summed E-state index contributed by atoms with van der Waals surface area (Å²) in [5.41, 5.74) is 6.66. The number of hydrogen-bond donors (Lipinski definition) is 1. The summed E-state index contributed by atoms with van der Waals surface area (Å²) in [6, 6.07) is 3.92. The van der Waals surface area contributed by atoms with Gasteiger partial charge in [0.05, 0.1) is 20.3 Å². The highest BCUT2D eigenvalue weighted by molar-refractivity contribution is 5.51. The molecule has 0 saturated heterocycles. The van der Waals surface area contributed by atoms with Crippen LogP contribution >= 0.6 is 0 Å². The number of nitrogens with two attached hydrogens (primary N) is 1. The van der Waals surface area contributed by atoms with Crippen molar-refractivity contribution < 1.29 is 14.2 Å². The molecule has 1 aromatic carbocycles. The van der Waals surface area contributed by atoms with E-state index in [1.807, 2.05) is 12.1 Å². The first kappa shape index (κ1) is 12.0. The molecule has 2 rings (SSSR count). The first-order valence-electron chi connectivity index (χ1n) is 6.01. The van der Waals surface area contributed by atoms with Crippen molar-refractivity contribution in [2.24, 2.45) is 5.73 Å². The number of ether oxygens (including phenoxy) is 3. The van der Waals surface area contributed by atoms with Gasteiger partial charge in [-0.1, -0.05) is 0 Å². The van der Waals surface area contributed by atoms with Crippen LogP contribution in [-0.2, 0) is 6.42 Å². The molecule has 0 fully saturated rings. The van der Waals surface area contributed by atoms with Crippen LogP contribution in [0.1, 0.15) is 18.4 Å². The van der Waals surface area contributed by atoms with Gasteiger partial charge in [0.1, 0.15) is 5.75 Å². The summed E-state index contributed by atoms with van der Waals surface area (Å²) in [6.07, 6.45) is 2.75. The summed E-state index contributed by atoms with van der Waals surface area (Å²) < 4.78 is 16.7. The van der Waals surface area contributed by atoms with Crippen molar-refractivity contribution >= 4 is 0 Å². The van der Waals surface area contributed by atoms with Crippen LogP contribution in [0.3, 0.4) is 0 Å². The van der Waals surface area contributed by atoms with Crippen LogP contribution in [0.15, 0.2) is 12.1 Å². The van der Waals surface area contributed by atoms with E-state index >= 15 is 0 Å². The number of fused-ring (bicyclic) bond motifs is 1. The molecule has 0 aliphatic carbocycles. The van der Waals surface area contributed by atoms with E-state index in [1.54, 1.807) is 7.11 Å². The lowest BCUT2D eigenvalue weighted by atomic mass is 10.1. The zero-order valence-corrected chi connectivity index (χ0v) is 10.2. The van der Waals surface area contributed by atoms with Crippen molar-refractivity contribution in [1.82, 2.24) is 0 Å². The van der Waals surface area contributed by atoms with Crippen molar-refractivity contribution in [2.75, 3.05) is 26.9 Å². The molecule has 0 bridgehead atoms. The van der Waals surface area contributed by atoms with Crippen molar-refractivity contribution in [3.05, 3.63) is 17.7 Å². The number of aryl methyl sites for hydroxylation is 1. The average Bonchev–Trinajstić information content (AvgIpc) is 2.59. The Morgan fingerprint density at radius 1 is 1.24 bits per heavy atom. The summed E-state index contributed by atoms with van der Waals surface area (Å²) in [5, 5.41) is 0. The van der Waals surface area contributed by atoms with E-state index in [2.05, 4.69) is 0 Å². The molecule has 1 aromatic rings. The maximum absolute atomic E-state index is 5.66. The Morgan fingerprint density at radius 3 is 2.59 bits per heavy atom. The minimum absolute atomic E-state index is 0.678. The summed E-state index contributed by atoms with van der Waals surface area (Å²) in [5.74, 6) is 2.44. The van der Waals surface area contributed by atoms with Crippen molar-refractivity contribution in [2.45, 2.75) is 19.3 Å². The van der Waals surface area contributed by atoms with E-state index in [-0.39, 0.29) is 0 Å². The van der Waals surface area contributed by atoms with Gasteiger partial charge in [0.2, 0.25) is 0 Å². The molecular formula is C13H19NO3. The lowest BCUT2D eigenvalue weighted by Crippen LogP contribution is -2.02. The van der Waals surface area contributed by atoms with E-state index in [0.717, 1.165) is 42.1 Å². The molecule has 17 heavy (non-hydrogen) atoms. The molecule has 0 aromatic heterocycles. The van der Waals surface area contributed by atoms with E-state index in [1.165, 1.54) is 0 Å². The van der Waals surface area contributed by atoms with Crippen LogP contribution in [0.4, 0.5) is 0 Å². The van der Waals surface area contributed by atoms with Crippen LogP contribution in [0.25, 0.3) is 0 Å². The van der Waals surface area contributed by atoms with Crippen molar-refractivity contribution in [3.63, 3.8) is 0 Å². The lowest BCUT2D eigenvalue weighted by Gasteiger charge is -2.13. The molecule has 0 amide bonds. The lowest BCUT2D eigenvalue weighted by molar-refractivity contribution is 0.296. The molecule has 0 spiro atoms. The Labute approximate surface area is 102 Å². The Kier molecular flexibility index (Phi) is 4.09. The Hall–Kier alpha value is -1.42. The van der Waals surface area contributed by atoms with Crippen molar-refractivity contribution in [3.8, 4) is 17.2 Å². The largest absolute Gasteiger partial charge is 0.496 e. The third kappa shape index (κ3) is 2.82. The van der Waals surface area contributed by atoms with Crippen LogP contribution in [0, 0.1) is 0 Å². The highest BCUT2D eigenvalue weighted by Gasteiger charge is 2.14. The number of hydrogen-bond acceptors (Lipinski definition) is 4. The van der Waals surface area contributed by atoms with Gasteiger partial charge in [-0.3, -0.25) is 0 Å². The SMILES string of the molecule is COc1cc2c(cc1CCCN)OCCCO2. The molecule has 0 radical (unpaired) electrons. The molecule has 2 N–H and O–H groups in total. The fraction of sp³-hybridized carbons (Fsp3) is 0.538. The smallest absolute Gasteiger partial charge is 0.164 e. The van der Waals surface area contributed by atoms with Crippen molar-refractivity contribution in [1.29, 1.82) is 0 Å². The molecular weight excluding hydrogens is 218 g/mol. The molecule has 4 heteroatoms. The molecule has 0 atom stereocenters. The molecule has 94 valence electrons. The van der Waals surface area contributed by atoms with Gasteiger partial charge < -0.3 is 19.9 Å². The predicted molar refractivity (Wildman–Crippen MR) is 66.0 cm³/mol. The Balaban J connectivity index is 2.28. The monoisotopic (exact) mass is 237 g/mol. The van der Waals surface area contributed by atoms with Crippen LogP contribution < -0.4 is 19.9 Å². The van der Waals surface area contributed by atoms with Gasteiger partial charge in [-0.05, 0) is 31.0 Å². The van der Waals surface area contributed by atoms with E-state index in [0.29, 0.717) is 19.8 Å². The van der Waals surface area contributed by atoms with Gasteiger partial charge in [-0.15, -0.1) is 0 Å². The van der Waals surface area contributed by atoms with Crippen LogP contribution in [0.5, 0.6) is 17.2 Å². The fourth-order valence-electron chi connectivity index (χ4n) is 1.91. The minimum Gasteiger partial charge on any atom is -0.496 e. The van der Waals surface area contributed by atoms with E-state index in [9.17, 15) is 0 Å². The predicted octanol–water partition coefficient (Wildman–Crippen LogP) is 1.75. The molecule has 4 nitrogen and oxygen atoms in total. The van der Waals surface area contributed by atoms with Crippen LogP contribution in [-0.4, -0.2) is 26.9 Å². The first-order chi connectivity index (χ1) is 8.35. The zero-order valence-electron chi connectivity index (χ0n) is 10.2. The molecule has 1 aliphatic heterocycles. The molecule has 0 unspecified atom stereocenters. The van der Waals surface area contributed by atoms with Gasteiger partial charge in [0.15, 0.2) is 11.5 Å².